The second-order valence-electron chi connectivity index (χ2n) is 5.17. The molecule has 0 spiro atoms. The van der Waals surface area contributed by atoms with E-state index in [0.29, 0.717) is 11.1 Å². The van der Waals surface area contributed by atoms with Gasteiger partial charge >= 0.3 is 0 Å². The van der Waals surface area contributed by atoms with Crippen LogP contribution in [0.3, 0.4) is 0 Å². The standard InChI is InChI=1S/C17H17N3O3S2/c1-11(12-6-3-4-7-13(12)22-2)18-15(21)10-25-17-20-19-16(23-17)14-8-5-9-24-14/h3-9,11H,10H2,1-2H3,(H,18,21). The molecular weight excluding hydrogens is 358 g/mol. The summed E-state index contributed by atoms with van der Waals surface area (Å²) in [6, 6.07) is 11.3. The van der Waals surface area contributed by atoms with Gasteiger partial charge in [0.25, 0.3) is 11.1 Å². The van der Waals surface area contributed by atoms with E-state index in [4.69, 9.17) is 9.15 Å². The number of nitrogens with one attached hydrogen (secondary N) is 1. The lowest BCUT2D eigenvalue weighted by Crippen LogP contribution is -2.28. The highest BCUT2D eigenvalue weighted by atomic mass is 32.2. The Morgan fingerprint density at radius 1 is 1.32 bits per heavy atom. The van der Waals surface area contributed by atoms with Crippen molar-refractivity contribution in [2.75, 3.05) is 12.9 Å². The number of hydrogen-bond donors (Lipinski definition) is 1. The number of carbonyl (C=O) groups excluding carboxylic acids is 1. The van der Waals surface area contributed by atoms with Crippen LogP contribution in [0, 0.1) is 0 Å². The van der Waals surface area contributed by atoms with Gasteiger partial charge in [0.1, 0.15) is 5.75 Å². The van der Waals surface area contributed by atoms with Crippen molar-refractivity contribution >= 4 is 29.0 Å². The molecule has 130 valence electrons. The molecular formula is C17H17N3O3S2. The Balaban J connectivity index is 1.54. The molecule has 1 amide bonds. The first kappa shape index (κ1) is 17.5. The van der Waals surface area contributed by atoms with Crippen LogP contribution in [0.1, 0.15) is 18.5 Å². The number of hydrogen-bond acceptors (Lipinski definition) is 7. The summed E-state index contributed by atoms with van der Waals surface area (Å²) in [4.78, 5) is 13.1. The summed E-state index contributed by atoms with van der Waals surface area (Å²) >= 11 is 2.74. The molecule has 8 heteroatoms. The van der Waals surface area contributed by atoms with Gasteiger partial charge in [0.15, 0.2) is 0 Å². The SMILES string of the molecule is COc1ccccc1C(C)NC(=O)CSc1nnc(-c2cccs2)o1. The van der Waals surface area contributed by atoms with Gasteiger partial charge in [0.2, 0.25) is 5.91 Å². The number of thioether (sulfide) groups is 1. The maximum atomic E-state index is 12.2. The molecule has 0 aliphatic heterocycles. The highest BCUT2D eigenvalue weighted by molar-refractivity contribution is 7.99. The van der Waals surface area contributed by atoms with Crippen LogP contribution in [0.25, 0.3) is 10.8 Å². The third kappa shape index (κ3) is 4.40. The van der Waals surface area contributed by atoms with Crippen LogP contribution in [-0.2, 0) is 4.79 Å². The van der Waals surface area contributed by atoms with E-state index in [0.717, 1.165) is 16.2 Å². The second-order valence-corrected chi connectivity index (χ2v) is 7.04. The number of aromatic nitrogens is 2. The molecule has 0 fully saturated rings. The van der Waals surface area contributed by atoms with E-state index in [-0.39, 0.29) is 17.7 Å². The molecule has 2 aromatic heterocycles. The minimum absolute atomic E-state index is 0.112. The highest BCUT2D eigenvalue weighted by Crippen LogP contribution is 2.27. The normalized spacial score (nSPS) is 11.9. The molecule has 2 heterocycles. The summed E-state index contributed by atoms with van der Waals surface area (Å²) in [5.74, 6) is 1.31. The number of benzene rings is 1. The van der Waals surface area contributed by atoms with Crippen molar-refractivity contribution in [1.82, 2.24) is 15.5 Å². The van der Waals surface area contributed by atoms with Crippen molar-refractivity contribution in [3.8, 4) is 16.5 Å². The van der Waals surface area contributed by atoms with Crippen molar-refractivity contribution in [3.05, 3.63) is 47.3 Å². The Hall–Kier alpha value is -2.32. The zero-order chi connectivity index (χ0) is 17.6. The van der Waals surface area contributed by atoms with Gasteiger partial charge < -0.3 is 14.5 Å². The monoisotopic (exact) mass is 375 g/mol. The first-order valence-corrected chi connectivity index (χ1v) is 9.46. The van der Waals surface area contributed by atoms with Gasteiger partial charge in [-0.1, -0.05) is 36.0 Å². The average Bonchev–Trinajstić information content (AvgIpc) is 3.31. The predicted octanol–water partition coefficient (Wildman–Crippen LogP) is 3.78. The Kier molecular flexibility index (Phi) is 5.72. The Bertz CT molecular complexity index is 833. The number of methoxy groups -OCH3 is 1. The molecule has 0 aliphatic carbocycles. The number of carbonyl (C=O) groups is 1. The smallest absolute Gasteiger partial charge is 0.277 e. The van der Waals surface area contributed by atoms with Crippen LogP contribution in [-0.4, -0.2) is 29.0 Å². The van der Waals surface area contributed by atoms with Gasteiger partial charge in [0.05, 0.1) is 23.8 Å². The minimum Gasteiger partial charge on any atom is -0.496 e. The third-order valence-electron chi connectivity index (χ3n) is 3.45. The molecule has 1 N–H and O–H groups in total. The molecule has 25 heavy (non-hydrogen) atoms. The van der Waals surface area contributed by atoms with Gasteiger partial charge in [-0.3, -0.25) is 4.79 Å². The topological polar surface area (TPSA) is 77.2 Å². The lowest BCUT2D eigenvalue weighted by Gasteiger charge is -2.16. The quantitative estimate of drug-likeness (QED) is 0.633. The van der Waals surface area contributed by atoms with E-state index in [9.17, 15) is 4.79 Å². The largest absolute Gasteiger partial charge is 0.496 e. The van der Waals surface area contributed by atoms with Crippen molar-refractivity contribution in [1.29, 1.82) is 0 Å². The Labute approximate surface area is 153 Å². The van der Waals surface area contributed by atoms with Crippen LogP contribution < -0.4 is 10.1 Å². The average molecular weight is 375 g/mol. The third-order valence-corrected chi connectivity index (χ3v) is 5.12. The van der Waals surface area contributed by atoms with E-state index >= 15 is 0 Å². The van der Waals surface area contributed by atoms with Crippen LogP contribution in [0.5, 0.6) is 5.75 Å². The van der Waals surface area contributed by atoms with E-state index in [1.807, 2.05) is 48.7 Å². The maximum absolute atomic E-state index is 12.2. The first-order chi connectivity index (χ1) is 12.2. The van der Waals surface area contributed by atoms with E-state index in [1.54, 1.807) is 7.11 Å². The second kappa shape index (κ2) is 8.17. The Morgan fingerprint density at radius 2 is 2.16 bits per heavy atom. The fourth-order valence-corrected chi connectivity index (χ4v) is 3.50. The summed E-state index contributed by atoms with van der Waals surface area (Å²) in [5.41, 5.74) is 0.932. The minimum atomic E-state index is -0.159. The summed E-state index contributed by atoms with van der Waals surface area (Å²) < 4.78 is 10.9. The molecule has 0 saturated carbocycles. The molecule has 0 radical (unpaired) electrons. The van der Waals surface area contributed by atoms with Gasteiger partial charge in [-0.2, -0.15) is 0 Å². The van der Waals surface area contributed by atoms with Crippen molar-refractivity contribution < 1.29 is 13.9 Å². The Morgan fingerprint density at radius 3 is 2.92 bits per heavy atom. The fraction of sp³-hybridized carbons (Fsp3) is 0.235. The van der Waals surface area contributed by atoms with Crippen LogP contribution in [0.4, 0.5) is 0 Å². The number of amides is 1. The van der Waals surface area contributed by atoms with Crippen LogP contribution in [0.2, 0.25) is 0 Å². The molecule has 6 nitrogen and oxygen atoms in total. The summed E-state index contributed by atoms with van der Waals surface area (Å²) in [6.45, 7) is 1.92. The number of nitrogens with zero attached hydrogens (tertiary/aromatic N) is 2. The summed E-state index contributed by atoms with van der Waals surface area (Å²) in [7, 11) is 1.62. The molecule has 1 atom stereocenters. The van der Waals surface area contributed by atoms with Crippen molar-refractivity contribution in [3.63, 3.8) is 0 Å². The summed E-state index contributed by atoms with van der Waals surface area (Å²) in [5, 5.41) is 13.2. The zero-order valence-electron chi connectivity index (χ0n) is 13.8. The first-order valence-electron chi connectivity index (χ1n) is 7.60. The van der Waals surface area contributed by atoms with Gasteiger partial charge in [-0.05, 0) is 24.4 Å². The predicted molar refractivity (Wildman–Crippen MR) is 97.9 cm³/mol. The lowest BCUT2D eigenvalue weighted by molar-refractivity contribution is -0.119. The van der Waals surface area contributed by atoms with E-state index < -0.39 is 0 Å². The van der Waals surface area contributed by atoms with Gasteiger partial charge in [-0.25, -0.2) is 0 Å². The van der Waals surface area contributed by atoms with Gasteiger partial charge in [-0.15, -0.1) is 21.5 Å². The molecule has 0 bridgehead atoms. The van der Waals surface area contributed by atoms with Gasteiger partial charge in [0, 0.05) is 5.56 Å². The molecule has 1 aromatic carbocycles. The fourth-order valence-electron chi connectivity index (χ4n) is 2.28. The van der Waals surface area contributed by atoms with E-state index in [2.05, 4.69) is 15.5 Å². The van der Waals surface area contributed by atoms with Crippen molar-refractivity contribution in [2.24, 2.45) is 0 Å². The molecule has 0 saturated heterocycles. The van der Waals surface area contributed by atoms with Crippen LogP contribution in [0.15, 0.2) is 51.4 Å². The maximum Gasteiger partial charge on any atom is 0.277 e. The number of ether oxygens (including phenoxy) is 1. The number of para-hydroxylation sites is 1. The zero-order valence-corrected chi connectivity index (χ0v) is 15.4. The highest BCUT2D eigenvalue weighted by Gasteiger charge is 2.15. The molecule has 0 aliphatic rings. The van der Waals surface area contributed by atoms with E-state index in [1.165, 1.54) is 23.1 Å². The van der Waals surface area contributed by atoms with Crippen LogP contribution >= 0.6 is 23.1 Å². The van der Waals surface area contributed by atoms with Crippen molar-refractivity contribution in [2.45, 2.75) is 18.2 Å². The lowest BCUT2D eigenvalue weighted by atomic mass is 10.1. The molecule has 1 unspecified atom stereocenters. The molecule has 3 rings (SSSR count). The molecule has 3 aromatic rings. The number of thiophene rings is 1. The number of rotatable bonds is 7. The summed E-state index contributed by atoms with van der Waals surface area (Å²) in [6.07, 6.45) is 0.